The van der Waals surface area contributed by atoms with Crippen molar-refractivity contribution in [2.45, 2.75) is 19.1 Å². The molecule has 0 fully saturated rings. The topological polar surface area (TPSA) is 51.2 Å². The SMILES string of the molecule is C[C@H](NC(=O)COC(c1ccccc1)c1ccccc1)c1cccnc1. The summed E-state index contributed by atoms with van der Waals surface area (Å²) in [4.78, 5) is 16.4. The molecule has 26 heavy (non-hydrogen) atoms. The number of ether oxygens (including phenoxy) is 1. The minimum atomic E-state index is -0.281. The number of pyridine rings is 1. The zero-order valence-corrected chi connectivity index (χ0v) is 14.7. The fourth-order valence-corrected chi connectivity index (χ4v) is 2.80. The summed E-state index contributed by atoms with van der Waals surface area (Å²) in [5.74, 6) is -0.154. The number of rotatable bonds is 7. The molecule has 1 amide bonds. The van der Waals surface area contributed by atoms with Crippen molar-refractivity contribution in [1.82, 2.24) is 10.3 Å². The highest BCUT2D eigenvalue weighted by molar-refractivity contribution is 5.77. The second kappa shape index (κ2) is 8.92. The Kier molecular flexibility index (Phi) is 6.12. The third-order valence-electron chi connectivity index (χ3n) is 4.15. The predicted molar refractivity (Wildman–Crippen MR) is 101 cm³/mol. The van der Waals surface area contributed by atoms with Crippen LogP contribution in [0.2, 0.25) is 0 Å². The summed E-state index contributed by atoms with van der Waals surface area (Å²) in [6.07, 6.45) is 3.19. The van der Waals surface area contributed by atoms with Crippen LogP contribution in [0.25, 0.3) is 0 Å². The first-order valence-electron chi connectivity index (χ1n) is 8.65. The molecule has 0 aliphatic carbocycles. The number of hydrogen-bond acceptors (Lipinski definition) is 3. The molecule has 0 aliphatic rings. The third kappa shape index (κ3) is 4.77. The lowest BCUT2D eigenvalue weighted by atomic mass is 10.0. The highest BCUT2D eigenvalue weighted by Gasteiger charge is 2.17. The van der Waals surface area contributed by atoms with Gasteiger partial charge in [-0.1, -0.05) is 66.7 Å². The molecule has 3 aromatic rings. The van der Waals surface area contributed by atoms with Crippen molar-refractivity contribution >= 4 is 5.91 Å². The summed E-state index contributed by atoms with van der Waals surface area (Å²) < 4.78 is 5.99. The standard InChI is InChI=1S/C22H22N2O2/c1-17(20-13-8-14-23-15-20)24-21(25)16-26-22(18-9-4-2-5-10-18)19-11-6-3-7-12-19/h2-15,17,22H,16H2,1H3,(H,24,25)/t17-/m0/s1. The number of nitrogens with zero attached hydrogens (tertiary/aromatic N) is 1. The normalized spacial score (nSPS) is 11.9. The maximum Gasteiger partial charge on any atom is 0.246 e. The van der Waals surface area contributed by atoms with Gasteiger partial charge in [-0.3, -0.25) is 9.78 Å². The van der Waals surface area contributed by atoms with Crippen molar-refractivity contribution in [3.8, 4) is 0 Å². The summed E-state index contributed by atoms with van der Waals surface area (Å²) in [6.45, 7) is 1.92. The lowest BCUT2D eigenvalue weighted by molar-refractivity contribution is -0.127. The fourth-order valence-electron chi connectivity index (χ4n) is 2.80. The van der Waals surface area contributed by atoms with Crippen LogP contribution in [0.15, 0.2) is 85.2 Å². The van der Waals surface area contributed by atoms with Crippen molar-refractivity contribution in [3.63, 3.8) is 0 Å². The highest BCUT2D eigenvalue weighted by Crippen LogP contribution is 2.25. The Bertz CT molecular complexity index is 768. The van der Waals surface area contributed by atoms with Crippen molar-refractivity contribution in [2.75, 3.05) is 6.61 Å². The molecule has 0 bridgehead atoms. The van der Waals surface area contributed by atoms with Crippen LogP contribution in [-0.2, 0) is 9.53 Å². The van der Waals surface area contributed by atoms with Gasteiger partial charge in [0.15, 0.2) is 0 Å². The Morgan fingerprint density at radius 1 is 0.923 bits per heavy atom. The monoisotopic (exact) mass is 346 g/mol. The van der Waals surface area contributed by atoms with E-state index < -0.39 is 0 Å². The van der Waals surface area contributed by atoms with E-state index in [0.29, 0.717) is 0 Å². The largest absolute Gasteiger partial charge is 0.359 e. The number of aromatic nitrogens is 1. The van der Waals surface area contributed by atoms with Crippen LogP contribution in [0.1, 0.15) is 35.8 Å². The van der Waals surface area contributed by atoms with Gasteiger partial charge in [0.05, 0.1) is 6.04 Å². The lowest BCUT2D eigenvalue weighted by Crippen LogP contribution is -2.31. The Balaban J connectivity index is 1.65. The lowest BCUT2D eigenvalue weighted by Gasteiger charge is -2.20. The molecule has 4 nitrogen and oxygen atoms in total. The minimum Gasteiger partial charge on any atom is -0.359 e. The molecule has 4 heteroatoms. The van der Waals surface area contributed by atoms with E-state index in [-0.39, 0.29) is 24.7 Å². The summed E-state index contributed by atoms with van der Waals surface area (Å²) in [6, 6.07) is 23.5. The van der Waals surface area contributed by atoms with E-state index in [4.69, 9.17) is 4.74 Å². The van der Waals surface area contributed by atoms with E-state index >= 15 is 0 Å². The number of carbonyl (C=O) groups is 1. The van der Waals surface area contributed by atoms with Gasteiger partial charge >= 0.3 is 0 Å². The maximum absolute atomic E-state index is 12.3. The van der Waals surface area contributed by atoms with Gasteiger partial charge in [-0.2, -0.15) is 0 Å². The van der Waals surface area contributed by atoms with Gasteiger partial charge in [0.1, 0.15) is 12.7 Å². The number of amides is 1. The Morgan fingerprint density at radius 3 is 2.04 bits per heavy atom. The van der Waals surface area contributed by atoms with E-state index in [1.807, 2.05) is 79.7 Å². The van der Waals surface area contributed by atoms with Crippen LogP contribution in [0.5, 0.6) is 0 Å². The number of hydrogen-bond donors (Lipinski definition) is 1. The molecule has 2 aromatic carbocycles. The first-order chi connectivity index (χ1) is 12.7. The number of carbonyl (C=O) groups excluding carboxylic acids is 1. The maximum atomic E-state index is 12.3. The Morgan fingerprint density at radius 2 is 1.50 bits per heavy atom. The minimum absolute atomic E-state index is 0.0148. The molecule has 1 heterocycles. The van der Waals surface area contributed by atoms with Crippen molar-refractivity contribution in [3.05, 3.63) is 102 Å². The van der Waals surface area contributed by atoms with Gasteiger partial charge in [-0.15, -0.1) is 0 Å². The van der Waals surface area contributed by atoms with Gasteiger partial charge in [0.25, 0.3) is 0 Å². The smallest absolute Gasteiger partial charge is 0.246 e. The number of nitrogens with one attached hydrogen (secondary N) is 1. The molecule has 0 spiro atoms. The first kappa shape index (κ1) is 17.8. The quantitative estimate of drug-likeness (QED) is 0.702. The average Bonchev–Trinajstić information content (AvgIpc) is 2.70. The third-order valence-corrected chi connectivity index (χ3v) is 4.15. The van der Waals surface area contributed by atoms with E-state index in [0.717, 1.165) is 16.7 Å². The van der Waals surface area contributed by atoms with Crippen LogP contribution in [-0.4, -0.2) is 17.5 Å². The molecule has 3 rings (SSSR count). The fraction of sp³-hybridized carbons (Fsp3) is 0.182. The van der Waals surface area contributed by atoms with Crippen LogP contribution >= 0.6 is 0 Å². The Hall–Kier alpha value is -2.98. The van der Waals surface area contributed by atoms with E-state index in [2.05, 4.69) is 10.3 Å². The van der Waals surface area contributed by atoms with E-state index in [9.17, 15) is 4.79 Å². The summed E-state index contributed by atoms with van der Waals surface area (Å²) >= 11 is 0. The summed E-state index contributed by atoms with van der Waals surface area (Å²) in [7, 11) is 0. The van der Waals surface area contributed by atoms with Gasteiger partial charge in [-0.25, -0.2) is 0 Å². The summed E-state index contributed by atoms with van der Waals surface area (Å²) in [5.41, 5.74) is 3.00. The highest BCUT2D eigenvalue weighted by atomic mass is 16.5. The van der Waals surface area contributed by atoms with E-state index in [1.54, 1.807) is 12.4 Å². The first-order valence-corrected chi connectivity index (χ1v) is 8.65. The molecule has 0 saturated heterocycles. The second-order valence-corrected chi connectivity index (χ2v) is 6.09. The molecule has 1 aromatic heterocycles. The predicted octanol–water partition coefficient (Wildman–Crippen LogP) is 4.07. The molecule has 0 radical (unpaired) electrons. The van der Waals surface area contributed by atoms with Gasteiger partial charge in [0, 0.05) is 12.4 Å². The molecular weight excluding hydrogens is 324 g/mol. The van der Waals surface area contributed by atoms with Crippen molar-refractivity contribution in [1.29, 1.82) is 0 Å². The number of benzene rings is 2. The van der Waals surface area contributed by atoms with Crippen LogP contribution in [0.3, 0.4) is 0 Å². The molecule has 0 saturated carbocycles. The Labute approximate surface area is 153 Å². The van der Waals surface area contributed by atoms with Crippen LogP contribution in [0, 0.1) is 0 Å². The van der Waals surface area contributed by atoms with Gasteiger partial charge in [-0.05, 0) is 29.7 Å². The molecule has 1 N–H and O–H groups in total. The van der Waals surface area contributed by atoms with Crippen LogP contribution in [0.4, 0.5) is 0 Å². The van der Waals surface area contributed by atoms with Crippen molar-refractivity contribution in [2.24, 2.45) is 0 Å². The van der Waals surface area contributed by atoms with Crippen LogP contribution < -0.4 is 5.32 Å². The van der Waals surface area contributed by atoms with Gasteiger partial charge in [0.2, 0.25) is 5.91 Å². The molecule has 132 valence electrons. The van der Waals surface area contributed by atoms with Crippen molar-refractivity contribution < 1.29 is 9.53 Å². The molecule has 1 atom stereocenters. The molecular formula is C22H22N2O2. The average molecular weight is 346 g/mol. The molecule has 0 unspecified atom stereocenters. The zero-order valence-electron chi connectivity index (χ0n) is 14.7. The summed E-state index contributed by atoms with van der Waals surface area (Å²) in [5, 5.41) is 2.95. The van der Waals surface area contributed by atoms with E-state index in [1.165, 1.54) is 0 Å². The molecule has 0 aliphatic heterocycles. The zero-order chi connectivity index (χ0) is 18.2. The second-order valence-electron chi connectivity index (χ2n) is 6.09. The van der Waals surface area contributed by atoms with Gasteiger partial charge < -0.3 is 10.1 Å².